The fraction of sp³-hybridized carbons (Fsp3) is 0.474. The smallest absolute Gasteiger partial charge is 0.122 e. The summed E-state index contributed by atoms with van der Waals surface area (Å²) in [7, 11) is 2.19. The van der Waals surface area contributed by atoms with Gasteiger partial charge in [0, 0.05) is 44.0 Å². The van der Waals surface area contributed by atoms with Gasteiger partial charge in [0.05, 0.1) is 0 Å². The standard InChI is InChI=1S/C19H26N2OS/c1-16-5-6-19(17(14-16)15-18-4-3-13-23-18)22-12-11-21-9-7-20(2)8-10-21/h3-6,13-14H,7-12,15H2,1-2H3. The van der Waals surface area contributed by atoms with Gasteiger partial charge in [-0.3, -0.25) is 4.90 Å². The number of piperazine rings is 1. The molecular weight excluding hydrogens is 304 g/mol. The molecule has 1 aromatic heterocycles. The second-order valence-corrected chi connectivity index (χ2v) is 7.39. The fourth-order valence-electron chi connectivity index (χ4n) is 2.94. The molecule has 124 valence electrons. The van der Waals surface area contributed by atoms with Crippen LogP contribution in [0.3, 0.4) is 0 Å². The van der Waals surface area contributed by atoms with E-state index in [-0.39, 0.29) is 0 Å². The first-order chi connectivity index (χ1) is 11.2. The monoisotopic (exact) mass is 330 g/mol. The maximum Gasteiger partial charge on any atom is 0.122 e. The third kappa shape index (κ3) is 4.80. The summed E-state index contributed by atoms with van der Waals surface area (Å²) < 4.78 is 6.12. The van der Waals surface area contributed by atoms with E-state index in [1.54, 1.807) is 0 Å². The normalized spacial score (nSPS) is 16.6. The molecule has 1 aliphatic heterocycles. The van der Waals surface area contributed by atoms with Gasteiger partial charge in [-0.1, -0.05) is 23.8 Å². The lowest BCUT2D eigenvalue weighted by molar-refractivity contribution is 0.133. The summed E-state index contributed by atoms with van der Waals surface area (Å²) in [6.45, 7) is 8.55. The summed E-state index contributed by atoms with van der Waals surface area (Å²) in [6, 6.07) is 10.8. The van der Waals surface area contributed by atoms with Crippen molar-refractivity contribution in [2.75, 3.05) is 46.4 Å². The summed E-state index contributed by atoms with van der Waals surface area (Å²) >= 11 is 1.81. The number of thiophene rings is 1. The first kappa shape index (κ1) is 16.5. The van der Waals surface area contributed by atoms with E-state index in [9.17, 15) is 0 Å². The van der Waals surface area contributed by atoms with Crippen molar-refractivity contribution in [3.05, 3.63) is 51.7 Å². The molecule has 1 fully saturated rings. The number of likely N-dealkylation sites (N-methyl/N-ethyl adjacent to an activating group) is 1. The van der Waals surface area contributed by atoms with E-state index < -0.39 is 0 Å². The number of benzene rings is 1. The second kappa shape index (κ2) is 7.95. The van der Waals surface area contributed by atoms with Gasteiger partial charge in [-0.2, -0.15) is 0 Å². The molecule has 0 spiro atoms. The number of ether oxygens (including phenoxy) is 1. The van der Waals surface area contributed by atoms with Gasteiger partial charge in [-0.25, -0.2) is 0 Å². The summed E-state index contributed by atoms with van der Waals surface area (Å²) in [5.74, 6) is 1.04. The summed E-state index contributed by atoms with van der Waals surface area (Å²) in [5.41, 5.74) is 2.59. The van der Waals surface area contributed by atoms with Gasteiger partial charge in [-0.15, -0.1) is 11.3 Å². The topological polar surface area (TPSA) is 15.7 Å². The van der Waals surface area contributed by atoms with Gasteiger partial charge >= 0.3 is 0 Å². The molecule has 1 aliphatic rings. The highest BCUT2D eigenvalue weighted by molar-refractivity contribution is 7.09. The molecule has 2 heterocycles. The Morgan fingerprint density at radius 3 is 2.70 bits per heavy atom. The quantitative estimate of drug-likeness (QED) is 0.808. The first-order valence-corrected chi connectivity index (χ1v) is 9.24. The van der Waals surface area contributed by atoms with Crippen molar-refractivity contribution in [2.24, 2.45) is 0 Å². The molecular formula is C19H26N2OS. The van der Waals surface area contributed by atoms with Crippen molar-refractivity contribution in [3.63, 3.8) is 0 Å². The Bertz CT molecular complexity index is 604. The van der Waals surface area contributed by atoms with Crippen LogP contribution in [0.15, 0.2) is 35.7 Å². The van der Waals surface area contributed by atoms with Crippen LogP contribution in [0.1, 0.15) is 16.0 Å². The molecule has 4 heteroatoms. The van der Waals surface area contributed by atoms with E-state index in [0.29, 0.717) is 0 Å². The summed E-state index contributed by atoms with van der Waals surface area (Å²) in [5, 5.41) is 2.14. The highest BCUT2D eigenvalue weighted by atomic mass is 32.1. The molecule has 0 aliphatic carbocycles. The lowest BCUT2D eigenvalue weighted by atomic mass is 10.1. The lowest BCUT2D eigenvalue weighted by Crippen LogP contribution is -2.45. The molecule has 0 bridgehead atoms. The second-order valence-electron chi connectivity index (χ2n) is 6.36. The van der Waals surface area contributed by atoms with Crippen LogP contribution in [0.4, 0.5) is 0 Å². The van der Waals surface area contributed by atoms with Gasteiger partial charge in [0.15, 0.2) is 0 Å². The Morgan fingerprint density at radius 2 is 1.96 bits per heavy atom. The Morgan fingerprint density at radius 1 is 1.13 bits per heavy atom. The number of hydrogen-bond donors (Lipinski definition) is 0. The Labute approximate surface area is 143 Å². The largest absolute Gasteiger partial charge is 0.492 e. The van der Waals surface area contributed by atoms with Gasteiger partial charge < -0.3 is 9.64 Å². The van der Waals surface area contributed by atoms with Crippen molar-refractivity contribution < 1.29 is 4.74 Å². The van der Waals surface area contributed by atoms with E-state index in [0.717, 1.165) is 51.5 Å². The number of rotatable bonds is 6. The van der Waals surface area contributed by atoms with Gasteiger partial charge in [0.2, 0.25) is 0 Å². The van der Waals surface area contributed by atoms with E-state index in [4.69, 9.17) is 4.74 Å². The summed E-state index contributed by atoms with van der Waals surface area (Å²) in [6.07, 6.45) is 0.961. The van der Waals surface area contributed by atoms with Crippen molar-refractivity contribution in [3.8, 4) is 5.75 Å². The molecule has 0 N–H and O–H groups in total. The predicted molar refractivity (Wildman–Crippen MR) is 97.7 cm³/mol. The van der Waals surface area contributed by atoms with Gasteiger partial charge in [0.25, 0.3) is 0 Å². The zero-order valence-corrected chi connectivity index (χ0v) is 14.9. The van der Waals surface area contributed by atoms with E-state index in [1.165, 1.54) is 16.0 Å². The highest BCUT2D eigenvalue weighted by Gasteiger charge is 2.13. The zero-order chi connectivity index (χ0) is 16.1. The molecule has 0 atom stereocenters. The molecule has 0 amide bonds. The molecule has 1 saturated heterocycles. The minimum absolute atomic E-state index is 0.768. The van der Waals surface area contributed by atoms with Crippen LogP contribution in [0, 0.1) is 6.92 Å². The van der Waals surface area contributed by atoms with E-state index in [1.807, 2.05) is 11.3 Å². The van der Waals surface area contributed by atoms with Crippen molar-refractivity contribution in [1.29, 1.82) is 0 Å². The molecule has 1 aromatic carbocycles. The molecule has 0 radical (unpaired) electrons. The Kier molecular flexibility index (Phi) is 5.70. The van der Waals surface area contributed by atoms with Crippen LogP contribution in [0.2, 0.25) is 0 Å². The lowest BCUT2D eigenvalue weighted by Gasteiger charge is -2.32. The van der Waals surface area contributed by atoms with Crippen LogP contribution < -0.4 is 4.74 Å². The third-order valence-electron chi connectivity index (χ3n) is 4.42. The number of nitrogens with zero attached hydrogens (tertiary/aromatic N) is 2. The minimum atomic E-state index is 0.768. The number of hydrogen-bond acceptors (Lipinski definition) is 4. The number of aryl methyl sites for hydroxylation is 1. The van der Waals surface area contributed by atoms with Crippen molar-refractivity contribution >= 4 is 11.3 Å². The van der Waals surface area contributed by atoms with E-state index >= 15 is 0 Å². The maximum absolute atomic E-state index is 6.12. The maximum atomic E-state index is 6.12. The van der Waals surface area contributed by atoms with Crippen molar-refractivity contribution in [2.45, 2.75) is 13.3 Å². The minimum Gasteiger partial charge on any atom is -0.492 e. The SMILES string of the molecule is Cc1ccc(OCCN2CCN(C)CC2)c(Cc2cccs2)c1. The highest BCUT2D eigenvalue weighted by Crippen LogP contribution is 2.25. The van der Waals surface area contributed by atoms with Crippen LogP contribution >= 0.6 is 11.3 Å². The average Bonchev–Trinajstić information content (AvgIpc) is 3.04. The third-order valence-corrected chi connectivity index (χ3v) is 5.30. The molecule has 3 rings (SSSR count). The predicted octanol–water partition coefficient (Wildman–Crippen LogP) is 3.27. The summed E-state index contributed by atoms with van der Waals surface area (Å²) in [4.78, 5) is 6.27. The molecule has 0 unspecified atom stereocenters. The molecule has 3 nitrogen and oxygen atoms in total. The molecule has 23 heavy (non-hydrogen) atoms. The van der Waals surface area contributed by atoms with Crippen LogP contribution in [-0.4, -0.2) is 56.2 Å². The van der Waals surface area contributed by atoms with Gasteiger partial charge in [0.1, 0.15) is 12.4 Å². The zero-order valence-electron chi connectivity index (χ0n) is 14.1. The van der Waals surface area contributed by atoms with Crippen LogP contribution in [0.25, 0.3) is 0 Å². The first-order valence-electron chi connectivity index (χ1n) is 8.36. The molecule has 2 aromatic rings. The van der Waals surface area contributed by atoms with Crippen LogP contribution in [-0.2, 0) is 6.42 Å². The van der Waals surface area contributed by atoms with Crippen LogP contribution in [0.5, 0.6) is 5.75 Å². The Hall–Kier alpha value is -1.36. The molecule has 0 saturated carbocycles. The van der Waals surface area contributed by atoms with Gasteiger partial charge in [-0.05, 0) is 37.0 Å². The fourth-order valence-corrected chi connectivity index (χ4v) is 3.67. The Balaban J connectivity index is 1.56. The average molecular weight is 330 g/mol. The van der Waals surface area contributed by atoms with E-state index in [2.05, 4.69) is 59.5 Å². The van der Waals surface area contributed by atoms with Crippen molar-refractivity contribution in [1.82, 2.24) is 9.80 Å².